The van der Waals surface area contributed by atoms with Gasteiger partial charge in [0.25, 0.3) is 6.43 Å². The van der Waals surface area contributed by atoms with E-state index >= 15 is 0 Å². The molecule has 1 heterocycles. The average molecular weight is 335 g/mol. The van der Waals surface area contributed by atoms with Crippen molar-refractivity contribution in [1.29, 1.82) is 0 Å². The maximum Gasteiger partial charge on any atom is 0.294 e. The van der Waals surface area contributed by atoms with Crippen LogP contribution in [0.3, 0.4) is 0 Å². The molecule has 1 aliphatic rings. The summed E-state index contributed by atoms with van der Waals surface area (Å²) in [6, 6.07) is 14.0. The van der Waals surface area contributed by atoms with Crippen LogP contribution < -0.4 is 10.3 Å². The van der Waals surface area contributed by atoms with Crippen molar-refractivity contribution in [2.45, 2.75) is 19.2 Å². The predicted octanol–water partition coefficient (Wildman–Crippen LogP) is 3.33. The van der Waals surface area contributed by atoms with Gasteiger partial charge in [0.15, 0.2) is 0 Å². The van der Waals surface area contributed by atoms with Gasteiger partial charge in [0.2, 0.25) is 12.1 Å². The molecule has 24 heavy (non-hydrogen) atoms. The van der Waals surface area contributed by atoms with Crippen molar-refractivity contribution in [3.05, 3.63) is 65.5 Å². The van der Waals surface area contributed by atoms with Crippen LogP contribution in [-0.2, 0) is 11.3 Å². The van der Waals surface area contributed by atoms with Crippen LogP contribution in [0.25, 0.3) is 0 Å². The Balaban J connectivity index is 1.72. The Kier molecular flexibility index (Phi) is 4.59. The zero-order chi connectivity index (χ0) is 17.1. The summed E-state index contributed by atoms with van der Waals surface area (Å²) in [6.07, 6.45) is -4.21. The number of nitrogens with zero attached hydrogens (tertiary/aromatic N) is 2. The first-order valence-corrected chi connectivity index (χ1v) is 7.37. The first-order valence-electron chi connectivity index (χ1n) is 7.37. The molecule has 1 N–H and O–H groups in total. The van der Waals surface area contributed by atoms with E-state index in [1.165, 1.54) is 6.07 Å². The lowest BCUT2D eigenvalue weighted by Crippen LogP contribution is -2.30. The molecule has 1 atom stereocenters. The maximum atomic E-state index is 14.3. The van der Waals surface area contributed by atoms with Gasteiger partial charge in [-0.1, -0.05) is 24.3 Å². The zero-order valence-corrected chi connectivity index (χ0v) is 12.9. The highest BCUT2D eigenvalue weighted by Gasteiger charge is 2.29. The minimum absolute atomic E-state index is 0.0397. The number of anilines is 1. The van der Waals surface area contributed by atoms with Crippen molar-refractivity contribution in [3.63, 3.8) is 0 Å². The van der Waals surface area contributed by atoms with Crippen molar-refractivity contribution in [2.75, 3.05) is 11.9 Å². The van der Waals surface area contributed by atoms with Gasteiger partial charge < -0.3 is 9.64 Å². The second kappa shape index (κ2) is 6.82. The monoisotopic (exact) mass is 335 g/mol. The average Bonchev–Trinajstić information content (AvgIpc) is 3.08. The van der Waals surface area contributed by atoms with Crippen LogP contribution in [0, 0.1) is 5.82 Å². The first kappa shape index (κ1) is 16.2. The second-order valence-corrected chi connectivity index (χ2v) is 5.42. The summed E-state index contributed by atoms with van der Waals surface area (Å²) in [5.41, 5.74) is 3.95. The van der Waals surface area contributed by atoms with Gasteiger partial charge in [-0.15, -0.1) is 5.10 Å². The van der Waals surface area contributed by atoms with Gasteiger partial charge in [-0.3, -0.25) is 5.43 Å². The van der Waals surface area contributed by atoms with E-state index in [2.05, 4.69) is 10.5 Å². The highest BCUT2D eigenvalue weighted by atomic mass is 19.3. The van der Waals surface area contributed by atoms with Crippen LogP contribution in [0.2, 0.25) is 0 Å². The summed E-state index contributed by atoms with van der Waals surface area (Å²) in [6.45, 7) is 0.376. The van der Waals surface area contributed by atoms with E-state index in [4.69, 9.17) is 4.74 Å². The minimum Gasteiger partial charge on any atom is -0.445 e. The fourth-order valence-electron chi connectivity index (χ4n) is 2.37. The molecule has 0 aromatic heterocycles. The second-order valence-electron chi connectivity index (χ2n) is 5.42. The summed E-state index contributed by atoms with van der Waals surface area (Å²) >= 11 is 0. The fraction of sp³-hybridized carbons (Fsp3) is 0.235. The van der Waals surface area contributed by atoms with E-state index in [1.807, 2.05) is 42.3 Å². The van der Waals surface area contributed by atoms with Gasteiger partial charge in [-0.25, -0.2) is 13.2 Å². The van der Waals surface area contributed by atoms with E-state index in [-0.39, 0.29) is 5.90 Å². The van der Waals surface area contributed by atoms with E-state index in [0.29, 0.717) is 17.7 Å². The van der Waals surface area contributed by atoms with Crippen molar-refractivity contribution < 1.29 is 17.9 Å². The van der Waals surface area contributed by atoms with Crippen LogP contribution in [0.15, 0.2) is 53.6 Å². The molecule has 7 heteroatoms. The van der Waals surface area contributed by atoms with Gasteiger partial charge in [0.05, 0.1) is 0 Å². The van der Waals surface area contributed by atoms with Crippen molar-refractivity contribution in [2.24, 2.45) is 5.10 Å². The number of hydrogen-bond acceptors (Lipinski definition) is 4. The molecule has 0 spiro atoms. The van der Waals surface area contributed by atoms with Gasteiger partial charge in [-0.2, -0.15) is 0 Å². The number of nitrogens with one attached hydrogen (secondary N) is 1. The van der Waals surface area contributed by atoms with Crippen LogP contribution in [0.5, 0.6) is 0 Å². The number of hydrazone groups is 1. The number of rotatable bonds is 5. The highest BCUT2D eigenvalue weighted by Crippen LogP contribution is 2.20. The van der Waals surface area contributed by atoms with Gasteiger partial charge in [0.1, 0.15) is 5.82 Å². The molecule has 0 bridgehead atoms. The number of para-hydroxylation sites is 1. The normalized spacial score (nSPS) is 16.5. The molecule has 4 nitrogen and oxygen atoms in total. The molecule has 0 radical (unpaired) electrons. The Hall–Kier alpha value is -2.70. The minimum atomic E-state index is -2.71. The van der Waals surface area contributed by atoms with E-state index in [0.717, 1.165) is 5.69 Å². The number of alkyl halides is 2. The number of ether oxygens (including phenoxy) is 1. The van der Waals surface area contributed by atoms with Crippen LogP contribution in [-0.4, -0.2) is 25.6 Å². The van der Waals surface area contributed by atoms with Crippen molar-refractivity contribution >= 4 is 11.6 Å². The molecule has 1 unspecified atom stereocenters. The largest absolute Gasteiger partial charge is 0.445 e. The molecule has 3 rings (SSSR count). The number of hydrogen-bond donors (Lipinski definition) is 1. The Morgan fingerprint density at radius 1 is 1.21 bits per heavy atom. The molecule has 0 aliphatic carbocycles. The Morgan fingerprint density at radius 2 is 1.96 bits per heavy atom. The fourth-order valence-corrected chi connectivity index (χ4v) is 2.37. The molecule has 2 aromatic rings. The Labute approximate surface area is 137 Å². The molecule has 0 fully saturated rings. The molecule has 0 amide bonds. The van der Waals surface area contributed by atoms with Crippen LogP contribution in [0.4, 0.5) is 18.9 Å². The summed E-state index contributed by atoms with van der Waals surface area (Å²) in [5.74, 6) is -0.482. The van der Waals surface area contributed by atoms with Crippen LogP contribution in [0.1, 0.15) is 11.1 Å². The standard InChI is InChI=1S/C17H16F3N3O/c1-23(13-5-3-2-4-6-13)10-12-8-7-11(9-14(12)18)16-21-22-17(24-16)15(19)20/h2-9,15,17,22H,10H2,1H3. The number of halogens is 3. The maximum absolute atomic E-state index is 14.3. The zero-order valence-electron chi connectivity index (χ0n) is 12.9. The first-order chi connectivity index (χ1) is 11.5. The molecule has 126 valence electrons. The predicted molar refractivity (Wildman–Crippen MR) is 85.5 cm³/mol. The summed E-state index contributed by atoms with van der Waals surface area (Å²) in [4.78, 5) is 1.91. The lowest BCUT2D eigenvalue weighted by molar-refractivity contribution is 0.000584. The van der Waals surface area contributed by atoms with Crippen molar-refractivity contribution in [1.82, 2.24) is 5.43 Å². The molecule has 0 saturated carbocycles. The van der Waals surface area contributed by atoms with Crippen molar-refractivity contribution in [3.8, 4) is 0 Å². The molecular weight excluding hydrogens is 319 g/mol. The molecule has 2 aromatic carbocycles. The third-order valence-electron chi connectivity index (χ3n) is 3.67. The Morgan fingerprint density at radius 3 is 2.58 bits per heavy atom. The van der Waals surface area contributed by atoms with E-state index in [9.17, 15) is 13.2 Å². The Bertz CT molecular complexity index is 737. The van der Waals surface area contributed by atoms with Gasteiger partial charge in [0, 0.05) is 30.4 Å². The van der Waals surface area contributed by atoms with E-state index in [1.54, 1.807) is 12.1 Å². The molecular formula is C17H16F3N3O. The lowest BCUT2D eigenvalue weighted by Gasteiger charge is -2.19. The highest BCUT2D eigenvalue weighted by molar-refractivity contribution is 5.94. The SMILES string of the molecule is CN(Cc1ccc(C2=NNC(C(F)F)O2)cc1F)c1ccccc1. The summed E-state index contributed by atoms with van der Waals surface area (Å²) in [7, 11) is 1.87. The third kappa shape index (κ3) is 3.45. The third-order valence-corrected chi connectivity index (χ3v) is 3.67. The number of benzene rings is 2. The van der Waals surface area contributed by atoms with Gasteiger partial charge >= 0.3 is 0 Å². The van der Waals surface area contributed by atoms with Gasteiger partial charge in [-0.05, 0) is 24.3 Å². The van der Waals surface area contributed by atoms with E-state index < -0.39 is 18.5 Å². The smallest absolute Gasteiger partial charge is 0.294 e. The molecule has 1 aliphatic heterocycles. The van der Waals surface area contributed by atoms with Crippen LogP contribution >= 0.6 is 0 Å². The molecule has 0 saturated heterocycles. The summed E-state index contributed by atoms with van der Waals surface area (Å²) < 4.78 is 44.4. The lowest BCUT2D eigenvalue weighted by atomic mass is 10.1. The summed E-state index contributed by atoms with van der Waals surface area (Å²) in [5, 5.41) is 3.68. The quantitative estimate of drug-likeness (QED) is 0.911. The topological polar surface area (TPSA) is 36.9 Å².